The Bertz CT molecular complexity index is 1210. The fraction of sp³-hybridized carbons (Fsp3) is 0.333. The average molecular weight is 523 g/mol. The molecule has 3 aromatic rings. The summed E-state index contributed by atoms with van der Waals surface area (Å²) in [5, 5.41) is 0. The van der Waals surface area contributed by atoms with Crippen LogP contribution in [0.1, 0.15) is 23.6 Å². The molecule has 0 aliphatic carbocycles. The van der Waals surface area contributed by atoms with Crippen molar-refractivity contribution in [1.82, 2.24) is 0 Å². The molecule has 1 heterocycles. The van der Waals surface area contributed by atoms with Crippen molar-refractivity contribution >= 4 is 9.84 Å². The van der Waals surface area contributed by atoms with Gasteiger partial charge in [0.2, 0.25) is 0 Å². The quantitative estimate of drug-likeness (QED) is 0.291. The second-order valence-corrected chi connectivity index (χ2v) is 11.4. The minimum Gasteiger partial charge on any atom is -0.374 e. The fourth-order valence-corrected chi connectivity index (χ4v) is 6.12. The maximum Gasteiger partial charge on any atom is 0.188 e. The molecule has 3 aromatic carbocycles. The van der Waals surface area contributed by atoms with E-state index in [2.05, 4.69) is 6.58 Å². The SMILES string of the molecule is C=C(C)CS(=O)(=O)C1O[C@H](COCc2ccccc2)[C@@H](OCc2ccccc2)[C@H]1OCc1ccccc1. The van der Waals surface area contributed by atoms with Crippen LogP contribution in [0.4, 0.5) is 0 Å². The molecule has 0 amide bonds. The second-order valence-electron chi connectivity index (χ2n) is 9.33. The molecule has 0 bridgehead atoms. The van der Waals surface area contributed by atoms with Crippen molar-refractivity contribution in [2.24, 2.45) is 0 Å². The number of sulfone groups is 1. The summed E-state index contributed by atoms with van der Waals surface area (Å²) in [6, 6.07) is 29.2. The Labute approximate surface area is 219 Å². The van der Waals surface area contributed by atoms with Crippen LogP contribution in [-0.4, -0.2) is 44.5 Å². The molecule has 7 heteroatoms. The van der Waals surface area contributed by atoms with Gasteiger partial charge >= 0.3 is 0 Å². The molecular formula is C30H34O6S. The third kappa shape index (κ3) is 7.84. The highest BCUT2D eigenvalue weighted by Crippen LogP contribution is 2.33. The zero-order chi connectivity index (χ0) is 26.1. The van der Waals surface area contributed by atoms with Crippen LogP contribution < -0.4 is 0 Å². The van der Waals surface area contributed by atoms with Crippen LogP contribution >= 0.6 is 0 Å². The predicted molar refractivity (Wildman–Crippen MR) is 143 cm³/mol. The summed E-state index contributed by atoms with van der Waals surface area (Å²) in [5.41, 5.74) is 2.27. The van der Waals surface area contributed by atoms with Gasteiger partial charge in [0.1, 0.15) is 18.3 Å². The van der Waals surface area contributed by atoms with Gasteiger partial charge in [0.05, 0.1) is 32.2 Å². The molecule has 0 aromatic heterocycles. The fourth-order valence-electron chi connectivity index (χ4n) is 4.32. The van der Waals surface area contributed by atoms with E-state index in [1.54, 1.807) is 6.92 Å². The van der Waals surface area contributed by atoms with Gasteiger partial charge < -0.3 is 18.9 Å². The molecule has 0 saturated carbocycles. The first-order valence-electron chi connectivity index (χ1n) is 12.4. The predicted octanol–water partition coefficient (Wildman–Crippen LogP) is 5.09. The van der Waals surface area contributed by atoms with Crippen LogP contribution in [0.5, 0.6) is 0 Å². The molecule has 1 aliphatic heterocycles. The molecule has 1 saturated heterocycles. The maximum atomic E-state index is 13.4. The van der Waals surface area contributed by atoms with Crippen molar-refractivity contribution in [3.8, 4) is 0 Å². The molecule has 0 N–H and O–H groups in total. The van der Waals surface area contributed by atoms with Gasteiger partial charge in [-0.05, 0) is 23.6 Å². The molecule has 0 spiro atoms. The zero-order valence-electron chi connectivity index (χ0n) is 21.1. The normalized spacial score (nSPS) is 21.6. The van der Waals surface area contributed by atoms with E-state index in [0.717, 1.165) is 16.7 Å². The zero-order valence-corrected chi connectivity index (χ0v) is 21.9. The molecule has 196 valence electrons. The highest BCUT2D eigenvalue weighted by atomic mass is 32.2. The van der Waals surface area contributed by atoms with Gasteiger partial charge in [-0.2, -0.15) is 0 Å². The van der Waals surface area contributed by atoms with Gasteiger partial charge in [0.15, 0.2) is 15.3 Å². The summed E-state index contributed by atoms with van der Waals surface area (Å²) in [5.74, 6) is -0.189. The van der Waals surface area contributed by atoms with Crippen LogP contribution in [0.25, 0.3) is 0 Å². The van der Waals surface area contributed by atoms with Crippen molar-refractivity contribution in [2.75, 3.05) is 12.4 Å². The summed E-state index contributed by atoms with van der Waals surface area (Å²) >= 11 is 0. The molecule has 6 nitrogen and oxygen atoms in total. The first kappa shape index (κ1) is 27.2. The largest absolute Gasteiger partial charge is 0.374 e. The standard InChI is InChI=1S/C30H34O6S/c1-23(2)22-37(31,32)30-29(35-20-26-16-10-5-11-17-26)28(34-19-25-14-8-4-9-15-25)27(36-30)21-33-18-24-12-6-3-7-13-24/h3-17,27-30H,1,18-22H2,2H3/t27-,28-,29-,30?/m1/s1. The number of hydrogen-bond donors (Lipinski definition) is 0. The topological polar surface area (TPSA) is 71.1 Å². The molecule has 4 atom stereocenters. The Kier molecular flexibility index (Phi) is 9.66. The molecule has 1 unspecified atom stereocenters. The number of ether oxygens (including phenoxy) is 4. The monoisotopic (exact) mass is 522 g/mol. The molecular weight excluding hydrogens is 488 g/mol. The summed E-state index contributed by atoms with van der Waals surface area (Å²) < 4.78 is 51.4. The lowest BCUT2D eigenvalue weighted by Crippen LogP contribution is -2.41. The lowest BCUT2D eigenvalue weighted by Gasteiger charge is -2.25. The molecule has 37 heavy (non-hydrogen) atoms. The van der Waals surface area contributed by atoms with Gasteiger partial charge in [-0.3, -0.25) is 0 Å². The van der Waals surface area contributed by atoms with E-state index in [9.17, 15) is 8.42 Å². The number of hydrogen-bond acceptors (Lipinski definition) is 6. The second kappa shape index (κ2) is 13.1. The van der Waals surface area contributed by atoms with Gasteiger partial charge in [-0.1, -0.05) is 103 Å². The molecule has 1 fully saturated rings. The smallest absolute Gasteiger partial charge is 0.188 e. The summed E-state index contributed by atoms with van der Waals surface area (Å²) in [6.45, 7) is 6.56. The Morgan fingerprint density at radius 2 is 1.22 bits per heavy atom. The van der Waals surface area contributed by atoms with Crippen molar-refractivity contribution in [1.29, 1.82) is 0 Å². The Morgan fingerprint density at radius 3 is 1.70 bits per heavy atom. The third-order valence-electron chi connectivity index (χ3n) is 6.03. The first-order valence-corrected chi connectivity index (χ1v) is 14.1. The van der Waals surface area contributed by atoms with E-state index in [1.807, 2.05) is 91.0 Å². The Morgan fingerprint density at radius 1 is 0.757 bits per heavy atom. The first-order chi connectivity index (χ1) is 17.9. The van der Waals surface area contributed by atoms with E-state index in [-0.39, 0.29) is 19.0 Å². The number of rotatable bonds is 13. The summed E-state index contributed by atoms with van der Waals surface area (Å²) in [6.07, 6.45) is -2.11. The average Bonchev–Trinajstić information content (AvgIpc) is 3.25. The Hall–Kier alpha value is -2.81. The van der Waals surface area contributed by atoms with Crippen molar-refractivity contribution in [3.05, 3.63) is 120 Å². The van der Waals surface area contributed by atoms with Gasteiger partial charge in [-0.25, -0.2) is 8.42 Å². The molecule has 4 rings (SSSR count). The maximum absolute atomic E-state index is 13.4. The summed E-state index contributed by atoms with van der Waals surface area (Å²) in [4.78, 5) is 0. The highest BCUT2D eigenvalue weighted by molar-refractivity contribution is 7.92. The van der Waals surface area contributed by atoms with Gasteiger partial charge in [-0.15, -0.1) is 0 Å². The van der Waals surface area contributed by atoms with Crippen LogP contribution in [0.15, 0.2) is 103 Å². The van der Waals surface area contributed by atoms with E-state index >= 15 is 0 Å². The summed E-state index contributed by atoms with van der Waals surface area (Å²) in [7, 11) is -3.72. The van der Waals surface area contributed by atoms with Gasteiger partial charge in [0.25, 0.3) is 0 Å². The highest BCUT2D eigenvalue weighted by Gasteiger charge is 2.52. The molecule has 1 aliphatic rings. The number of benzene rings is 3. The van der Waals surface area contributed by atoms with Crippen LogP contribution in [0.2, 0.25) is 0 Å². The van der Waals surface area contributed by atoms with E-state index < -0.39 is 33.6 Å². The van der Waals surface area contributed by atoms with Crippen LogP contribution in [0, 0.1) is 0 Å². The van der Waals surface area contributed by atoms with E-state index in [1.165, 1.54) is 0 Å². The Balaban J connectivity index is 1.56. The van der Waals surface area contributed by atoms with E-state index in [4.69, 9.17) is 18.9 Å². The van der Waals surface area contributed by atoms with Crippen LogP contribution in [0.3, 0.4) is 0 Å². The van der Waals surface area contributed by atoms with Crippen LogP contribution in [-0.2, 0) is 48.6 Å². The molecule has 0 radical (unpaired) electrons. The van der Waals surface area contributed by atoms with Crippen molar-refractivity contribution in [2.45, 2.75) is 50.5 Å². The van der Waals surface area contributed by atoms with E-state index in [0.29, 0.717) is 18.8 Å². The van der Waals surface area contributed by atoms with Crippen molar-refractivity contribution < 1.29 is 27.4 Å². The van der Waals surface area contributed by atoms with Crippen molar-refractivity contribution in [3.63, 3.8) is 0 Å². The minimum absolute atomic E-state index is 0.165. The lowest BCUT2D eigenvalue weighted by molar-refractivity contribution is -0.0896. The minimum atomic E-state index is -3.72. The van der Waals surface area contributed by atoms with Gasteiger partial charge in [0, 0.05) is 0 Å². The lowest BCUT2D eigenvalue weighted by atomic mass is 10.1. The third-order valence-corrected chi connectivity index (χ3v) is 8.02.